The van der Waals surface area contributed by atoms with E-state index in [2.05, 4.69) is 4.74 Å². The van der Waals surface area contributed by atoms with Gasteiger partial charge < -0.3 is 14.6 Å². The van der Waals surface area contributed by atoms with Crippen molar-refractivity contribution in [2.75, 3.05) is 13.7 Å². The van der Waals surface area contributed by atoms with Gasteiger partial charge in [-0.05, 0) is 30.7 Å². The number of rotatable bonds is 5. The van der Waals surface area contributed by atoms with Gasteiger partial charge in [0.15, 0.2) is 0 Å². The van der Waals surface area contributed by atoms with Crippen molar-refractivity contribution in [2.24, 2.45) is 0 Å². The number of methoxy groups -OCH3 is 1. The fourth-order valence-electron chi connectivity index (χ4n) is 1.12. The van der Waals surface area contributed by atoms with Gasteiger partial charge in [-0.25, -0.2) is 4.79 Å². The number of hydrogen-bond acceptors (Lipinski definition) is 4. The molecule has 4 nitrogen and oxygen atoms in total. The third-order valence-corrected chi connectivity index (χ3v) is 2.19. The molecule has 1 aromatic rings. The standard InChI is InChI=1S/C12H16O4/c1-3-10(13)8-16-11-6-4-9(5-7-11)12(14)15-2/h4-7,10,13H,3,8H2,1-2H3. The second-order valence-corrected chi connectivity index (χ2v) is 3.39. The molecule has 0 radical (unpaired) electrons. The molecule has 1 unspecified atom stereocenters. The molecule has 0 saturated heterocycles. The molecular weight excluding hydrogens is 208 g/mol. The molecular formula is C12H16O4. The van der Waals surface area contributed by atoms with Crippen LogP contribution < -0.4 is 4.74 Å². The first-order valence-electron chi connectivity index (χ1n) is 5.16. The number of aliphatic hydroxyl groups excluding tert-OH is 1. The third-order valence-electron chi connectivity index (χ3n) is 2.19. The predicted molar refractivity (Wildman–Crippen MR) is 59.6 cm³/mol. The van der Waals surface area contributed by atoms with Crippen molar-refractivity contribution in [3.8, 4) is 5.75 Å². The Balaban J connectivity index is 2.54. The quantitative estimate of drug-likeness (QED) is 0.772. The van der Waals surface area contributed by atoms with Crippen molar-refractivity contribution >= 4 is 5.97 Å². The van der Waals surface area contributed by atoms with Crippen LogP contribution in [0.15, 0.2) is 24.3 Å². The lowest BCUT2D eigenvalue weighted by Crippen LogP contribution is -2.16. The maximum Gasteiger partial charge on any atom is 0.337 e. The van der Waals surface area contributed by atoms with Gasteiger partial charge in [-0.2, -0.15) is 0 Å². The SMILES string of the molecule is CCC(O)COc1ccc(C(=O)OC)cc1. The van der Waals surface area contributed by atoms with E-state index >= 15 is 0 Å². The van der Waals surface area contributed by atoms with Crippen LogP contribution in [0, 0.1) is 0 Å². The Labute approximate surface area is 94.8 Å². The van der Waals surface area contributed by atoms with Crippen LogP contribution >= 0.6 is 0 Å². The van der Waals surface area contributed by atoms with Crippen LogP contribution in [0.4, 0.5) is 0 Å². The van der Waals surface area contributed by atoms with E-state index in [1.807, 2.05) is 6.92 Å². The number of ether oxygens (including phenoxy) is 2. The van der Waals surface area contributed by atoms with Crippen LogP contribution in [-0.2, 0) is 4.74 Å². The van der Waals surface area contributed by atoms with Gasteiger partial charge in [-0.3, -0.25) is 0 Å². The van der Waals surface area contributed by atoms with Crippen LogP contribution in [0.25, 0.3) is 0 Å². The molecule has 0 aliphatic carbocycles. The number of benzene rings is 1. The molecule has 1 N–H and O–H groups in total. The van der Waals surface area contributed by atoms with Gasteiger partial charge in [-0.1, -0.05) is 6.92 Å². The third kappa shape index (κ3) is 3.55. The van der Waals surface area contributed by atoms with E-state index in [0.717, 1.165) is 0 Å². The summed E-state index contributed by atoms with van der Waals surface area (Å²) in [7, 11) is 1.34. The molecule has 1 atom stereocenters. The van der Waals surface area contributed by atoms with E-state index in [0.29, 0.717) is 17.7 Å². The van der Waals surface area contributed by atoms with Crippen LogP contribution in [0.2, 0.25) is 0 Å². The van der Waals surface area contributed by atoms with Crippen molar-refractivity contribution in [3.05, 3.63) is 29.8 Å². The van der Waals surface area contributed by atoms with Crippen molar-refractivity contribution in [3.63, 3.8) is 0 Å². The highest BCUT2D eigenvalue weighted by molar-refractivity contribution is 5.89. The summed E-state index contributed by atoms with van der Waals surface area (Å²) in [5.74, 6) is 0.250. The fraction of sp³-hybridized carbons (Fsp3) is 0.417. The molecule has 0 saturated carbocycles. The van der Waals surface area contributed by atoms with E-state index in [9.17, 15) is 9.90 Å². The molecule has 0 aliphatic rings. The summed E-state index contributed by atoms with van der Waals surface area (Å²) in [6.45, 7) is 2.14. The van der Waals surface area contributed by atoms with Gasteiger partial charge in [-0.15, -0.1) is 0 Å². The van der Waals surface area contributed by atoms with Crippen LogP contribution in [0.1, 0.15) is 23.7 Å². The average molecular weight is 224 g/mol. The highest BCUT2D eigenvalue weighted by atomic mass is 16.5. The smallest absolute Gasteiger partial charge is 0.337 e. The zero-order chi connectivity index (χ0) is 12.0. The number of aliphatic hydroxyl groups is 1. The molecule has 1 rings (SSSR count). The molecule has 88 valence electrons. The minimum Gasteiger partial charge on any atom is -0.491 e. The monoisotopic (exact) mass is 224 g/mol. The van der Waals surface area contributed by atoms with Crippen LogP contribution in [0.3, 0.4) is 0 Å². The van der Waals surface area contributed by atoms with Gasteiger partial charge in [0.25, 0.3) is 0 Å². The topological polar surface area (TPSA) is 55.8 Å². The maximum absolute atomic E-state index is 11.1. The van der Waals surface area contributed by atoms with Gasteiger partial charge in [0.2, 0.25) is 0 Å². The molecule has 16 heavy (non-hydrogen) atoms. The summed E-state index contributed by atoms with van der Waals surface area (Å²) < 4.78 is 9.90. The van der Waals surface area contributed by atoms with Crippen molar-refractivity contribution < 1.29 is 19.4 Å². The predicted octanol–water partition coefficient (Wildman–Crippen LogP) is 1.62. The summed E-state index contributed by atoms with van der Waals surface area (Å²) in [4.78, 5) is 11.1. The van der Waals surface area contributed by atoms with E-state index in [1.165, 1.54) is 7.11 Å². The lowest BCUT2D eigenvalue weighted by molar-refractivity contribution is 0.0600. The fourth-order valence-corrected chi connectivity index (χ4v) is 1.12. The first kappa shape index (κ1) is 12.5. The lowest BCUT2D eigenvalue weighted by atomic mass is 10.2. The lowest BCUT2D eigenvalue weighted by Gasteiger charge is -2.10. The Kier molecular flexibility index (Phi) is 4.79. The summed E-state index contributed by atoms with van der Waals surface area (Å²) in [5, 5.41) is 9.30. The molecule has 4 heteroatoms. The molecule has 0 bridgehead atoms. The number of esters is 1. The van der Waals surface area contributed by atoms with Crippen LogP contribution in [0.5, 0.6) is 5.75 Å². The average Bonchev–Trinajstić information content (AvgIpc) is 2.35. The maximum atomic E-state index is 11.1. The van der Waals surface area contributed by atoms with E-state index in [1.54, 1.807) is 24.3 Å². The Bertz CT molecular complexity index is 331. The van der Waals surface area contributed by atoms with Crippen LogP contribution in [-0.4, -0.2) is 30.9 Å². The summed E-state index contributed by atoms with van der Waals surface area (Å²) in [5.41, 5.74) is 0.478. The first-order chi connectivity index (χ1) is 7.67. The van der Waals surface area contributed by atoms with Gasteiger partial charge in [0.1, 0.15) is 12.4 Å². The minimum atomic E-state index is -0.458. The highest BCUT2D eigenvalue weighted by Crippen LogP contribution is 2.13. The first-order valence-corrected chi connectivity index (χ1v) is 5.16. The summed E-state index contributed by atoms with van der Waals surface area (Å²) in [6.07, 6.45) is 0.195. The van der Waals surface area contributed by atoms with Crippen molar-refractivity contribution in [2.45, 2.75) is 19.4 Å². The molecule has 0 heterocycles. The summed E-state index contributed by atoms with van der Waals surface area (Å²) in [6, 6.07) is 6.60. The van der Waals surface area contributed by atoms with Gasteiger partial charge in [0, 0.05) is 0 Å². The zero-order valence-electron chi connectivity index (χ0n) is 9.47. The molecule has 0 fully saturated rings. The molecule has 0 aliphatic heterocycles. The van der Waals surface area contributed by atoms with E-state index in [4.69, 9.17) is 4.74 Å². The van der Waals surface area contributed by atoms with Crippen molar-refractivity contribution in [1.29, 1.82) is 0 Å². The van der Waals surface area contributed by atoms with Crippen molar-refractivity contribution in [1.82, 2.24) is 0 Å². The Hall–Kier alpha value is -1.55. The Morgan fingerprint density at radius 1 is 1.38 bits per heavy atom. The molecule has 0 aromatic heterocycles. The minimum absolute atomic E-state index is 0.258. The van der Waals surface area contributed by atoms with E-state index < -0.39 is 6.10 Å². The van der Waals surface area contributed by atoms with Gasteiger partial charge in [0.05, 0.1) is 18.8 Å². The molecule has 1 aromatic carbocycles. The second-order valence-electron chi connectivity index (χ2n) is 3.39. The molecule has 0 spiro atoms. The number of carbonyl (C=O) groups excluding carboxylic acids is 1. The van der Waals surface area contributed by atoms with Gasteiger partial charge >= 0.3 is 5.97 Å². The number of carbonyl (C=O) groups is 1. The zero-order valence-corrected chi connectivity index (χ0v) is 9.47. The largest absolute Gasteiger partial charge is 0.491 e. The Morgan fingerprint density at radius 3 is 2.50 bits per heavy atom. The van der Waals surface area contributed by atoms with E-state index in [-0.39, 0.29) is 12.6 Å². The highest BCUT2D eigenvalue weighted by Gasteiger charge is 2.05. The Morgan fingerprint density at radius 2 is 2.00 bits per heavy atom. The normalized spacial score (nSPS) is 11.9. The second kappa shape index (κ2) is 6.12. The molecule has 0 amide bonds. The summed E-state index contributed by atoms with van der Waals surface area (Å²) >= 11 is 0. The number of hydrogen-bond donors (Lipinski definition) is 1.